The lowest BCUT2D eigenvalue weighted by atomic mass is 10.0. The minimum absolute atomic E-state index is 0.400. The lowest BCUT2D eigenvalue weighted by Gasteiger charge is -2.29. The molecular weight excluding hydrogens is 346 g/mol. The van der Waals surface area contributed by atoms with Gasteiger partial charge in [-0.25, -0.2) is 8.42 Å². The first-order chi connectivity index (χ1) is 12.5. The Bertz CT molecular complexity index is 735. The summed E-state index contributed by atoms with van der Waals surface area (Å²) in [4.78, 5) is 3.01. The molecule has 1 atom stereocenters. The average Bonchev–Trinajstić information content (AvgIpc) is 3.04. The van der Waals surface area contributed by atoms with Gasteiger partial charge in [0.2, 0.25) is 10.0 Å². The van der Waals surface area contributed by atoms with Crippen molar-refractivity contribution in [1.29, 1.82) is 0 Å². The predicted molar refractivity (Wildman–Crippen MR) is 105 cm³/mol. The molecule has 3 aliphatic rings. The summed E-state index contributed by atoms with van der Waals surface area (Å²) in [5.74, 6) is 0.626. The summed E-state index contributed by atoms with van der Waals surface area (Å²) >= 11 is 0. The van der Waals surface area contributed by atoms with E-state index in [0.29, 0.717) is 29.9 Å². The van der Waals surface area contributed by atoms with Gasteiger partial charge >= 0.3 is 0 Å². The van der Waals surface area contributed by atoms with E-state index in [9.17, 15) is 8.42 Å². The molecule has 4 rings (SSSR count). The summed E-state index contributed by atoms with van der Waals surface area (Å²) in [7, 11) is -3.36. The van der Waals surface area contributed by atoms with Gasteiger partial charge in [0.05, 0.1) is 4.90 Å². The Morgan fingerprint density at radius 2 is 1.81 bits per heavy atom. The Morgan fingerprint density at radius 3 is 2.54 bits per heavy atom. The summed E-state index contributed by atoms with van der Waals surface area (Å²) in [6.07, 6.45) is 6.80. The summed E-state index contributed by atoms with van der Waals surface area (Å²) in [5.41, 5.74) is 2.26. The predicted octanol–water partition coefficient (Wildman–Crippen LogP) is 2.93. The topological polar surface area (TPSA) is 52.7 Å². The molecule has 0 bridgehead atoms. The van der Waals surface area contributed by atoms with Gasteiger partial charge in [0.15, 0.2) is 0 Å². The van der Waals surface area contributed by atoms with Crippen molar-refractivity contribution in [1.82, 2.24) is 9.21 Å². The van der Waals surface area contributed by atoms with Crippen LogP contribution >= 0.6 is 0 Å². The van der Waals surface area contributed by atoms with Crippen LogP contribution in [-0.2, 0) is 16.4 Å². The number of likely N-dealkylation sites (tertiary alicyclic amines) is 1. The van der Waals surface area contributed by atoms with Gasteiger partial charge in [-0.3, -0.25) is 0 Å². The minimum Gasteiger partial charge on any atom is -0.380 e. The first kappa shape index (κ1) is 18.3. The second-order valence-corrected chi connectivity index (χ2v) is 10.3. The normalized spacial score (nSPS) is 25.8. The number of hydrogen-bond donors (Lipinski definition) is 1. The molecule has 1 aromatic carbocycles. The zero-order valence-corrected chi connectivity index (χ0v) is 16.6. The van der Waals surface area contributed by atoms with Crippen LogP contribution in [0.5, 0.6) is 0 Å². The molecule has 0 spiro atoms. The van der Waals surface area contributed by atoms with Gasteiger partial charge in [-0.2, -0.15) is 4.31 Å². The zero-order chi connectivity index (χ0) is 18.1. The van der Waals surface area contributed by atoms with E-state index in [1.807, 2.05) is 12.1 Å². The Morgan fingerprint density at radius 1 is 1.08 bits per heavy atom. The van der Waals surface area contributed by atoms with Crippen molar-refractivity contribution in [3.63, 3.8) is 0 Å². The van der Waals surface area contributed by atoms with Gasteiger partial charge in [-0.15, -0.1) is 0 Å². The number of rotatable bonds is 4. The maximum atomic E-state index is 13.0. The first-order valence-electron chi connectivity index (χ1n) is 10.1. The van der Waals surface area contributed by atoms with Crippen LogP contribution in [0.1, 0.15) is 44.6 Å². The molecule has 0 aliphatic carbocycles. The zero-order valence-electron chi connectivity index (χ0n) is 15.8. The van der Waals surface area contributed by atoms with Crippen molar-refractivity contribution < 1.29 is 8.42 Å². The summed E-state index contributed by atoms with van der Waals surface area (Å²) < 4.78 is 27.6. The lowest BCUT2D eigenvalue weighted by molar-refractivity contribution is 0.221. The third kappa shape index (κ3) is 3.78. The van der Waals surface area contributed by atoms with Crippen molar-refractivity contribution in [3.05, 3.63) is 23.8 Å². The third-order valence-electron chi connectivity index (χ3n) is 6.21. The maximum Gasteiger partial charge on any atom is 0.243 e. The molecule has 2 saturated heterocycles. The molecule has 0 radical (unpaired) electrons. The molecule has 144 valence electrons. The van der Waals surface area contributed by atoms with Crippen LogP contribution in [-0.4, -0.2) is 56.4 Å². The van der Waals surface area contributed by atoms with E-state index < -0.39 is 10.0 Å². The highest BCUT2D eigenvalue weighted by Gasteiger charge is 2.30. The molecular formula is C20H31N3O2S. The highest BCUT2D eigenvalue weighted by atomic mass is 32.2. The maximum absolute atomic E-state index is 13.0. The van der Waals surface area contributed by atoms with E-state index in [2.05, 4.69) is 17.1 Å². The smallest absolute Gasteiger partial charge is 0.243 e. The quantitative estimate of drug-likeness (QED) is 0.877. The number of hydrogen-bond acceptors (Lipinski definition) is 4. The molecule has 3 heterocycles. The number of nitrogens with zero attached hydrogens (tertiary/aromatic N) is 2. The number of sulfonamides is 1. The van der Waals surface area contributed by atoms with Crippen molar-refractivity contribution in [3.8, 4) is 0 Å². The van der Waals surface area contributed by atoms with Crippen LogP contribution in [0, 0.1) is 5.92 Å². The Hall–Kier alpha value is -1.11. The van der Waals surface area contributed by atoms with Crippen LogP contribution in [0.4, 0.5) is 5.69 Å². The van der Waals surface area contributed by atoms with Crippen molar-refractivity contribution in [2.45, 2.75) is 56.4 Å². The van der Waals surface area contributed by atoms with Gasteiger partial charge in [0.1, 0.15) is 0 Å². The SMILES string of the molecule is CC1CCN(S(=O)(=O)c2ccc3c(c2)CC(CN2CCCCC2)N3)CC1. The molecule has 1 aromatic rings. The van der Waals surface area contributed by atoms with E-state index >= 15 is 0 Å². The van der Waals surface area contributed by atoms with E-state index in [-0.39, 0.29) is 0 Å². The van der Waals surface area contributed by atoms with Gasteiger partial charge in [0.25, 0.3) is 0 Å². The molecule has 1 unspecified atom stereocenters. The standard InChI is InChI=1S/C20H31N3O2S/c1-16-7-11-23(12-8-16)26(24,25)19-5-6-20-17(14-19)13-18(21-20)15-22-9-3-2-4-10-22/h5-6,14,16,18,21H,2-4,7-13,15H2,1H3. The van der Waals surface area contributed by atoms with Crippen LogP contribution < -0.4 is 5.32 Å². The fraction of sp³-hybridized carbons (Fsp3) is 0.700. The highest BCUT2D eigenvalue weighted by molar-refractivity contribution is 7.89. The van der Waals surface area contributed by atoms with Gasteiger partial charge in [-0.1, -0.05) is 13.3 Å². The molecule has 3 aliphatic heterocycles. The number of piperidine rings is 2. The number of benzene rings is 1. The number of anilines is 1. The molecule has 0 saturated carbocycles. The Balaban J connectivity index is 1.44. The fourth-order valence-corrected chi connectivity index (χ4v) is 6.04. The third-order valence-corrected chi connectivity index (χ3v) is 8.10. The first-order valence-corrected chi connectivity index (χ1v) is 11.6. The van der Waals surface area contributed by atoms with E-state index in [4.69, 9.17) is 0 Å². The minimum atomic E-state index is -3.36. The van der Waals surface area contributed by atoms with Crippen molar-refractivity contribution >= 4 is 15.7 Å². The van der Waals surface area contributed by atoms with Crippen LogP contribution in [0.2, 0.25) is 0 Å². The Kier molecular flexibility index (Phi) is 5.26. The van der Waals surface area contributed by atoms with Crippen molar-refractivity contribution in [2.24, 2.45) is 5.92 Å². The van der Waals surface area contributed by atoms with E-state index in [1.54, 1.807) is 10.4 Å². The van der Waals surface area contributed by atoms with Gasteiger partial charge in [-0.05, 0) is 74.9 Å². The number of nitrogens with one attached hydrogen (secondary N) is 1. The second-order valence-electron chi connectivity index (χ2n) is 8.31. The number of fused-ring (bicyclic) bond motifs is 1. The molecule has 1 N–H and O–H groups in total. The lowest BCUT2D eigenvalue weighted by Crippen LogP contribution is -2.38. The largest absolute Gasteiger partial charge is 0.380 e. The van der Waals surface area contributed by atoms with Crippen molar-refractivity contribution in [2.75, 3.05) is 38.0 Å². The monoisotopic (exact) mass is 377 g/mol. The molecule has 2 fully saturated rings. The second kappa shape index (κ2) is 7.49. The summed E-state index contributed by atoms with van der Waals surface area (Å²) in [5, 5.41) is 3.60. The molecule has 6 heteroatoms. The van der Waals surface area contributed by atoms with Crippen LogP contribution in [0.25, 0.3) is 0 Å². The van der Waals surface area contributed by atoms with Gasteiger partial charge in [0, 0.05) is 31.4 Å². The van der Waals surface area contributed by atoms with E-state index in [0.717, 1.165) is 37.1 Å². The highest BCUT2D eigenvalue weighted by Crippen LogP contribution is 2.31. The Labute approximate surface area is 157 Å². The fourth-order valence-electron chi connectivity index (χ4n) is 4.51. The molecule has 5 nitrogen and oxygen atoms in total. The summed E-state index contributed by atoms with van der Waals surface area (Å²) in [6, 6.07) is 6.05. The van der Waals surface area contributed by atoms with Crippen LogP contribution in [0.3, 0.4) is 0 Å². The molecule has 26 heavy (non-hydrogen) atoms. The van der Waals surface area contributed by atoms with E-state index in [1.165, 1.54) is 32.4 Å². The van der Waals surface area contributed by atoms with Crippen LogP contribution in [0.15, 0.2) is 23.1 Å². The molecule has 0 aromatic heterocycles. The average molecular weight is 378 g/mol. The van der Waals surface area contributed by atoms with Gasteiger partial charge < -0.3 is 10.2 Å². The molecule has 0 amide bonds. The summed E-state index contributed by atoms with van der Waals surface area (Å²) in [6.45, 7) is 6.95.